The minimum absolute atomic E-state index is 0.112. The molecule has 1 unspecified atom stereocenters. The van der Waals surface area contributed by atoms with Crippen molar-refractivity contribution in [2.75, 3.05) is 6.61 Å². The molecule has 0 heterocycles. The highest BCUT2D eigenvalue weighted by Gasteiger charge is 2.16. The van der Waals surface area contributed by atoms with Gasteiger partial charge in [0, 0.05) is 6.61 Å². The molecule has 3 nitrogen and oxygen atoms in total. The van der Waals surface area contributed by atoms with Crippen LogP contribution in [0.1, 0.15) is 194 Å². The summed E-state index contributed by atoms with van der Waals surface area (Å²) >= 11 is 0. The number of aliphatic hydroxyl groups excluding tert-OH is 1. The van der Waals surface area contributed by atoms with Crippen LogP contribution in [0.3, 0.4) is 0 Å². The van der Waals surface area contributed by atoms with Crippen LogP contribution in [0.4, 0.5) is 0 Å². The highest BCUT2D eigenvalue weighted by atomic mass is 16.4. The second-order valence-electron chi connectivity index (χ2n) is 12.4. The minimum atomic E-state index is -0.568. The molecule has 37 heavy (non-hydrogen) atoms. The first-order valence-corrected chi connectivity index (χ1v) is 16.9. The molecule has 0 saturated heterocycles. The molecule has 0 aromatic carbocycles. The molecule has 0 bridgehead atoms. The summed E-state index contributed by atoms with van der Waals surface area (Å²) in [5, 5.41) is 18.4. The van der Waals surface area contributed by atoms with Crippen LogP contribution in [0, 0.1) is 11.8 Å². The number of carboxylic acid groups (broad SMARTS) is 1. The predicted molar refractivity (Wildman–Crippen MR) is 162 cm³/mol. The van der Waals surface area contributed by atoms with E-state index in [0.717, 1.165) is 38.0 Å². The van der Waals surface area contributed by atoms with Crippen molar-refractivity contribution < 1.29 is 15.0 Å². The summed E-state index contributed by atoms with van der Waals surface area (Å²) in [4.78, 5) is 11.6. The number of carbonyl (C=O) groups is 1. The fourth-order valence-electron chi connectivity index (χ4n) is 5.55. The third-order valence-corrected chi connectivity index (χ3v) is 8.14. The standard InChI is InChI=1S/C34H68O3/c1-32(2)28-24-20-16-12-8-7-10-14-18-22-26-30-33(34(36)37)29-25-21-17-13-9-5-3-4-6-11-15-19-23-27-31-35/h32-33,35H,3-31H2,1-2H3,(H,36,37). The van der Waals surface area contributed by atoms with Crippen molar-refractivity contribution in [2.45, 2.75) is 194 Å². The zero-order valence-corrected chi connectivity index (χ0v) is 25.5. The molecule has 0 fully saturated rings. The number of rotatable bonds is 31. The lowest BCUT2D eigenvalue weighted by molar-refractivity contribution is -0.142. The quantitative estimate of drug-likeness (QED) is 0.0886. The molecule has 0 amide bonds. The monoisotopic (exact) mass is 525 g/mol. The zero-order chi connectivity index (χ0) is 27.2. The molecule has 0 spiro atoms. The van der Waals surface area contributed by atoms with Crippen LogP contribution in [0.5, 0.6) is 0 Å². The number of hydrogen-bond donors (Lipinski definition) is 2. The van der Waals surface area contributed by atoms with Crippen molar-refractivity contribution in [2.24, 2.45) is 11.8 Å². The molecule has 0 aromatic rings. The van der Waals surface area contributed by atoms with E-state index in [-0.39, 0.29) is 5.92 Å². The summed E-state index contributed by atoms with van der Waals surface area (Å²) in [6.07, 6.45) is 35.7. The molecule has 1 atom stereocenters. The van der Waals surface area contributed by atoms with Crippen LogP contribution in [-0.4, -0.2) is 22.8 Å². The van der Waals surface area contributed by atoms with E-state index in [0.29, 0.717) is 6.61 Å². The van der Waals surface area contributed by atoms with E-state index in [1.54, 1.807) is 0 Å². The number of aliphatic hydroxyl groups is 1. The van der Waals surface area contributed by atoms with Gasteiger partial charge in [-0.25, -0.2) is 0 Å². The smallest absolute Gasteiger partial charge is 0.306 e. The van der Waals surface area contributed by atoms with Crippen molar-refractivity contribution in [3.8, 4) is 0 Å². The number of unbranched alkanes of at least 4 members (excludes halogenated alkanes) is 23. The van der Waals surface area contributed by atoms with Gasteiger partial charge in [0.15, 0.2) is 0 Å². The lowest BCUT2D eigenvalue weighted by Gasteiger charge is -2.12. The van der Waals surface area contributed by atoms with Gasteiger partial charge in [-0.3, -0.25) is 4.79 Å². The molecule has 2 N–H and O–H groups in total. The average molecular weight is 525 g/mol. The van der Waals surface area contributed by atoms with Gasteiger partial charge in [-0.05, 0) is 25.2 Å². The Bertz CT molecular complexity index is 448. The molecule has 0 aliphatic rings. The van der Waals surface area contributed by atoms with Crippen LogP contribution in [0.15, 0.2) is 0 Å². The maximum absolute atomic E-state index is 11.6. The van der Waals surface area contributed by atoms with E-state index in [2.05, 4.69) is 13.8 Å². The second kappa shape index (κ2) is 30.0. The Balaban J connectivity index is 3.40. The largest absolute Gasteiger partial charge is 0.481 e. The molecular weight excluding hydrogens is 456 g/mol. The third-order valence-electron chi connectivity index (χ3n) is 8.14. The van der Waals surface area contributed by atoms with Crippen LogP contribution >= 0.6 is 0 Å². The maximum atomic E-state index is 11.6. The maximum Gasteiger partial charge on any atom is 0.306 e. The Labute approximate surface area is 233 Å². The average Bonchev–Trinajstić information content (AvgIpc) is 2.87. The minimum Gasteiger partial charge on any atom is -0.481 e. The van der Waals surface area contributed by atoms with Gasteiger partial charge >= 0.3 is 5.97 Å². The van der Waals surface area contributed by atoms with E-state index in [4.69, 9.17) is 5.11 Å². The molecule has 0 aliphatic heterocycles. The summed E-state index contributed by atoms with van der Waals surface area (Å²) in [5.41, 5.74) is 0. The van der Waals surface area contributed by atoms with Crippen molar-refractivity contribution >= 4 is 5.97 Å². The van der Waals surface area contributed by atoms with E-state index >= 15 is 0 Å². The molecule has 0 aromatic heterocycles. The predicted octanol–water partition coefficient (Wildman–Crippen LogP) is 11.3. The third kappa shape index (κ3) is 29.8. The van der Waals surface area contributed by atoms with Gasteiger partial charge in [-0.2, -0.15) is 0 Å². The van der Waals surface area contributed by atoms with Crippen LogP contribution in [0.2, 0.25) is 0 Å². The summed E-state index contributed by atoms with van der Waals surface area (Å²) in [6, 6.07) is 0. The summed E-state index contributed by atoms with van der Waals surface area (Å²) < 4.78 is 0. The lowest BCUT2D eigenvalue weighted by atomic mass is 9.94. The van der Waals surface area contributed by atoms with Crippen molar-refractivity contribution in [1.29, 1.82) is 0 Å². The first-order chi connectivity index (χ1) is 18.1. The van der Waals surface area contributed by atoms with E-state index in [1.807, 2.05) is 0 Å². The fourth-order valence-corrected chi connectivity index (χ4v) is 5.55. The first kappa shape index (κ1) is 36.4. The Kier molecular flexibility index (Phi) is 29.5. The topological polar surface area (TPSA) is 57.5 Å². The highest BCUT2D eigenvalue weighted by molar-refractivity contribution is 5.69. The van der Waals surface area contributed by atoms with Gasteiger partial charge < -0.3 is 10.2 Å². The Hall–Kier alpha value is -0.570. The highest BCUT2D eigenvalue weighted by Crippen LogP contribution is 2.20. The van der Waals surface area contributed by atoms with Gasteiger partial charge in [0.1, 0.15) is 0 Å². The summed E-state index contributed by atoms with van der Waals surface area (Å²) in [7, 11) is 0. The van der Waals surface area contributed by atoms with Gasteiger partial charge in [0.05, 0.1) is 5.92 Å². The number of carboxylic acids is 1. The summed E-state index contributed by atoms with van der Waals surface area (Å²) in [5.74, 6) is 0.177. The number of hydrogen-bond acceptors (Lipinski definition) is 2. The molecule has 0 aliphatic carbocycles. The van der Waals surface area contributed by atoms with Gasteiger partial charge in [-0.1, -0.05) is 174 Å². The van der Waals surface area contributed by atoms with Gasteiger partial charge in [0.2, 0.25) is 0 Å². The molecule has 0 radical (unpaired) electrons. The second-order valence-corrected chi connectivity index (χ2v) is 12.4. The first-order valence-electron chi connectivity index (χ1n) is 16.9. The van der Waals surface area contributed by atoms with E-state index in [9.17, 15) is 9.90 Å². The molecule has 0 rings (SSSR count). The Morgan fingerprint density at radius 3 is 0.919 bits per heavy atom. The van der Waals surface area contributed by atoms with Crippen LogP contribution in [-0.2, 0) is 4.79 Å². The normalized spacial score (nSPS) is 12.4. The number of aliphatic carboxylic acids is 1. The van der Waals surface area contributed by atoms with E-state index in [1.165, 1.54) is 148 Å². The van der Waals surface area contributed by atoms with Crippen molar-refractivity contribution in [1.82, 2.24) is 0 Å². The molecule has 222 valence electrons. The van der Waals surface area contributed by atoms with E-state index < -0.39 is 5.97 Å². The zero-order valence-electron chi connectivity index (χ0n) is 25.5. The Morgan fingerprint density at radius 1 is 0.432 bits per heavy atom. The van der Waals surface area contributed by atoms with Crippen molar-refractivity contribution in [3.05, 3.63) is 0 Å². The SMILES string of the molecule is CC(C)CCCCCCCCCCCCCC(CCCCCCCCCCCCCCCCO)C(=O)O. The fraction of sp³-hybridized carbons (Fsp3) is 0.971. The Morgan fingerprint density at radius 2 is 0.676 bits per heavy atom. The van der Waals surface area contributed by atoms with Gasteiger partial charge in [-0.15, -0.1) is 0 Å². The molecule has 3 heteroatoms. The molecular formula is C34H68O3. The summed E-state index contributed by atoms with van der Waals surface area (Å²) in [6.45, 7) is 4.98. The van der Waals surface area contributed by atoms with Crippen LogP contribution < -0.4 is 0 Å². The molecule has 0 saturated carbocycles. The van der Waals surface area contributed by atoms with Crippen molar-refractivity contribution in [3.63, 3.8) is 0 Å². The lowest BCUT2D eigenvalue weighted by Crippen LogP contribution is -2.13. The van der Waals surface area contributed by atoms with Gasteiger partial charge in [0.25, 0.3) is 0 Å². The van der Waals surface area contributed by atoms with Crippen LogP contribution in [0.25, 0.3) is 0 Å².